The Morgan fingerprint density at radius 1 is 1.25 bits per heavy atom. The molecule has 4 nitrogen and oxygen atoms in total. The van der Waals surface area contributed by atoms with Crippen LogP contribution in [0.15, 0.2) is 24.3 Å². The van der Waals surface area contributed by atoms with Crippen molar-refractivity contribution in [2.75, 3.05) is 24.7 Å². The molecule has 0 unspecified atom stereocenters. The molecule has 1 saturated carbocycles. The summed E-state index contributed by atoms with van der Waals surface area (Å²) in [5, 5.41) is 3.06. The van der Waals surface area contributed by atoms with Crippen LogP contribution in [-0.4, -0.2) is 40.4 Å². The summed E-state index contributed by atoms with van der Waals surface area (Å²) < 4.78 is 11.4. The van der Waals surface area contributed by atoms with Crippen molar-refractivity contribution in [2.45, 2.75) is 50.3 Å². The van der Waals surface area contributed by atoms with Crippen LogP contribution in [0.1, 0.15) is 44.1 Å². The highest BCUT2D eigenvalue weighted by atomic mass is 32.2. The quantitative estimate of drug-likeness (QED) is 0.889. The van der Waals surface area contributed by atoms with E-state index in [2.05, 4.69) is 10.2 Å². The number of hydrogen-bond donors (Lipinski definition) is 1. The standard InChI is InChI=1S/C19H28N2O2S/c1-24(23)14-15-6-5-7-17(12-15)20-19(22)16-10-11-21(13-16)18-8-3-2-4-9-18/h5-7,12,16,18H,2-4,8-11,13-14H2,1H3,(H,20,22)/t16-,24-/m1/s1. The van der Waals surface area contributed by atoms with Crippen molar-refractivity contribution >= 4 is 22.4 Å². The number of likely N-dealkylation sites (tertiary alicyclic amines) is 1. The SMILES string of the molecule is C[S@@](=O)Cc1cccc(NC(=O)[C@@H]2CCN(C3CCCCC3)C2)c1. The zero-order valence-corrected chi connectivity index (χ0v) is 15.3. The first kappa shape index (κ1) is 17.6. The third-order valence-corrected chi connectivity index (χ3v) is 5.99. The number of amides is 1. The van der Waals surface area contributed by atoms with Gasteiger partial charge in [0.05, 0.1) is 5.92 Å². The van der Waals surface area contributed by atoms with Gasteiger partial charge in [-0.15, -0.1) is 0 Å². The Bertz CT molecular complexity index is 599. The maximum atomic E-state index is 12.6. The maximum Gasteiger partial charge on any atom is 0.228 e. The molecule has 2 fully saturated rings. The summed E-state index contributed by atoms with van der Waals surface area (Å²) in [6, 6.07) is 8.42. The molecule has 1 heterocycles. The van der Waals surface area contributed by atoms with Gasteiger partial charge >= 0.3 is 0 Å². The van der Waals surface area contributed by atoms with E-state index in [0.29, 0.717) is 11.8 Å². The molecule has 1 aromatic carbocycles. The molecule has 1 N–H and O–H groups in total. The second kappa shape index (κ2) is 8.26. The van der Waals surface area contributed by atoms with Gasteiger partial charge < -0.3 is 5.32 Å². The van der Waals surface area contributed by atoms with Crippen LogP contribution in [0.4, 0.5) is 5.69 Å². The zero-order valence-electron chi connectivity index (χ0n) is 14.5. The van der Waals surface area contributed by atoms with E-state index in [1.807, 2.05) is 24.3 Å². The van der Waals surface area contributed by atoms with Crippen molar-refractivity contribution in [2.24, 2.45) is 5.92 Å². The summed E-state index contributed by atoms with van der Waals surface area (Å²) >= 11 is 0. The molecular weight excluding hydrogens is 320 g/mol. The average molecular weight is 349 g/mol. The van der Waals surface area contributed by atoms with Gasteiger partial charge in [-0.05, 0) is 43.5 Å². The van der Waals surface area contributed by atoms with Crippen molar-refractivity contribution in [1.82, 2.24) is 4.90 Å². The number of carbonyl (C=O) groups is 1. The van der Waals surface area contributed by atoms with Gasteiger partial charge in [0.2, 0.25) is 5.91 Å². The Morgan fingerprint density at radius 3 is 2.79 bits per heavy atom. The first-order valence-electron chi connectivity index (χ1n) is 9.05. The summed E-state index contributed by atoms with van der Waals surface area (Å²) in [5.74, 6) is 0.752. The van der Waals surface area contributed by atoms with E-state index in [1.54, 1.807) is 6.26 Å². The highest BCUT2D eigenvalue weighted by Gasteiger charge is 2.32. The van der Waals surface area contributed by atoms with E-state index < -0.39 is 10.8 Å². The van der Waals surface area contributed by atoms with Gasteiger partial charge in [0.15, 0.2) is 0 Å². The van der Waals surface area contributed by atoms with Gasteiger partial charge in [-0.1, -0.05) is 31.4 Å². The molecule has 0 radical (unpaired) electrons. The molecule has 1 aliphatic heterocycles. The molecule has 24 heavy (non-hydrogen) atoms. The van der Waals surface area contributed by atoms with Crippen LogP contribution in [0.3, 0.4) is 0 Å². The van der Waals surface area contributed by atoms with E-state index >= 15 is 0 Å². The molecule has 2 atom stereocenters. The molecule has 0 bridgehead atoms. The van der Waals surface area contributed by atoms with Crippen LogP contribution in [0, 0.1) is 5.92 Å². The molecule has 0 spiro atoms. The van der Waals surface area contributed by atoms with Crippen LogP contribution >= 0.6 is 0 Å². The number of hydrogen-bond acceptors (Lipinski definition) is 3. The second-order valence-electron chi connectivity index (χ2n) is 7.18. The Morgan fingerprint density at radius 2 is 2.04 bits per heavy atom. The summed E-state index contributed by atoms with van der Waals surface area (Å²) in [6.45, 7) is 1.95. The predicted molar refractivity (Wildman–Crippen MR) is 99.4 cm³/mol. The van der Waals surface area contributed by atoms with E-state index in [1.165, 1.54) is 32.1 Å². The number of carbonyl (C=O) groups excluding carboxylic acids is 1. The number of anilines is 1. The van der Waals surface area contributed by atoms with Crippen molar-refractivity contribution in [3.8, 4) is 0 Å². The number of nitrogens with zero attached hydrogens (tertiary/aromatic N) is 1. The summed E-state index contributed by atoms with van der Waals surface area (Å²) in [6.07, 6.45) is 9.29. The molecule has 3 rings (SSSR count). The van der Waals surface area contributed by atoms with Crippen molar-refractivity contribution in [3.63, 3.8) is 0 Å². The number of nitrogens with one attached hydrogen (secondary N) is 1. The van der Waals surface area contributed by atoms with Crippen LogP contribution < -0.4 is 5.32 Å². The summed E-state index contributed by atoms with van der Waals surface area (Å²) in [5.41, 5.74) is 1.82. The van der Waals surface area contributed by atoms with Gasteiger partial charge in [-0.3, -0.25) is 13.9 Å². The third-order valence-electron chi connectivity index (χ3n) is 5.25. The Balaban J connectivity index is 1.54. The lowest BCUT2D eigenvalue weighted by molar-refractivity contribution is -0.119. The highest BCUT2D eigenvalue weighted by molar-refractivity contribution is 7.83. The zero-order chi connectivity index (χ0) is 16.9. The molecule has 1 aliphatic carbocycles. The molecule has 0 aromatic heterocycles. The second-order valence-corrected chi connectivity index (χ2v) is 8.61. The van der Waals surface area contributed by atoms with Gasteiger partial charge in [-0.25, -0.2) is 0 Å². The lowest BCUT2D eigenvalue weighted by Crippen LogP contribution is -2.36. The predicted octanol–water partition coefficient (Wildman–Crippen LogP) is 3.16. The van der Waals surface area contributed by atoms with E-state index in [4.69, 9.17) is 0 Å². The minimum atomic E-state index is -0.867. The molecule has 2 aliphatic rings. The smallest absolute Gasteiger partial charge is 0.228 e. The highest BCUT2D eigenvalue weighted by Crippen LogP contribution is 2.28. The Labute approximate surface area is 147 Å². The van der Waals surface area contributed by atoms with Gasteiger partial charge in [0.1, 0.15) is 0 Å². The van der Waals surface area contributed by atoms with Gasteiger partial charge in [0, 0.05) is 41.1 Å². The fourth-order valence-corrected chi connectivity index (χ4v) is 4.65. The van der Waals surface area contributed by atoms with Crippen LogP contribution in [-0.2, 0) is 21.3 Å². The monoisotopic (exact) mass is 348 g/mol. The van der Waals surface area contributed by atoms with Crippen LogP contribution in [0.5, 0.6) is 0 Å². The maximum absolute atomic E-state index is 12.6. The first-order chi connectivity index (χ1) is 11.6. The Kier molecular flexibility index (Phi) is 6.06. The third kappa shape index (κ3) is 4.67. The topological polar surface area (TPSA) is 49.4 Å². The minimum Gasteiger partial charge on any atom is -0.326 e. The lowest BCUT2D eigenvalue weighted by atomic mass is 9.94. The lowest BCUT2D eigenvalue weighted by Gasteiger charge is -2.30. The molecule has 132 valence electrons. The van der Waals surface area contributed by atoms with E-state index in [0.717, 1.165) is 30.8 Å². The van der Waals surface area contributed by atoms with Crippen LogP contribution in [0.25, 0.3) is 0 Å². The van der Waals surface area contributed by atoms with Crippen molar-refractivity contribution < 1.29 is 9.00 Å². The largest absolute Gasteiger partial charge is 0.326 e. The fourth-order valence-electron chi connectivity index (χ4n) is 4.00. The van der Waals surface area contributed by atoms with Crippen LogP contribution in [0.2, 0.25) is 0 Å². The molecule has 5 heteroatoms. The molecule has 1 saturated heterocycles. The summed E-state index contributed by atoms with van der Waals surface area (Å²) in [7, 11) is -0.867. The van der Waals surface area contributed by atoms with E-state index in [-0.39, 0.29) is 11.8 Å². The average Bonchev–Trinajstić information content (AvgIpc) is 3.05. The van der Waals surface area contributed by atoms with Crippen molar-refractivity contribution in [1.29, 1.82) is 0 Å². The minimum absolute atomic E-state index is 0.0934. The molecule has 1 amide bonds. The van der Waals surface area contributed by atoms with Gasteiger partial charge in [0.25, 0.3) is 0 Å². The van der Waals surface area contributed by atoms with Gasteiger partial charge in [-0.2, -0.15) is 0 Å². The fraction of sp³-hybridized carbons (Fsp3) is 0.632. The molecular formula is C19H28N2O2S. The van der Waals surface area contributed by atoms with Crippen molar-refractivity contribution in [3.05, 3.63) is 29.8 Å². The molecule has 1 aromatic rings. The van der Waals surface area contributed by atoms with E-state index in [9.17, 15) is 9.00 Å². The first-order valence-corrected chi connectivity index (χ1v) is 10.8. The number of benzene rings is 1. The summed E-state index contributed by atoms with van der Waals surface area (Å²) in [4.78, 5) is 15.1. The number of rotatable bonds is 5. The Hall–Kier alpha value is -1.20. The normalized spacial score (nSPS) is 24.0.